The minimum Gasteiger partial charge on any atom is -0.481 e. The predicted octanol–water partition coefficient (Wildman–Crippen LogP) is 0.463. The van der Waals surface area contributed by atoms with Crippen molar-refractivity contribution < 1.29 is 19.5 Å². The van der Waals surface area contributed by atoms with Crippen LogP contribution in [0.25, 0.3) is 0 Å². The zero-order valence-electron chi connectivity index (χ0n) is 11.5. The fourth-order valence-corrected chi connectivity index (χ4v) is 3.35. The third-order valence-electron chi connectivity index (χ3n) is 4.60. The quantitative estimate of drug-likeness (QED) is 0.740. The van der Waals surface area contributed by atoms with E-state index in [2.05, 4.69) is 4.90 Å². The molecule has 0 radical (unpaired) electrons. The molecule has 1 N–H and O–H groups in total. The zero-order valence-corrected chi connectivity index (χ0v) is 11.5. The molecule has 0 spiro atoms. The molecule has 3 rings (SSSR count). The Kier molecular flexibility index (Phi) is 3.50. The van der Waals surface area contributed by atoms with Gasteiger partial charge in [0.2, 0.25) is 11.8 Å². The maximum absolute atomic E-state index is 12.3. The molecule has 2 saturated heterocycles. The highest BCUT2D eigenvalue weighted by molar-refractivity contribution is 6.06. The zero-order chi connectivity index (χ0) is 14.3. The highest BCUT2D eigenvalue weighted by Crippen LogP contribution is 2.34. The van der Waals surface area contributed by atoms with E-state index in [0.29, 0.717) is 18.8 Å². The van der Waals surface area contributed by atoms with Crippen molar-refractivity contribution in [2.45, 2.75) is 50.6 Å². The van der Waals surface area contributed by atoms with Crippen LogP contribution in [-0.2, 0) is 14.4 Å². The fourth-order valence-electron chi connectivity index (χ4n) is 3.35. The Labute approximate surface area is 117 Å². The van der Waals surface area contributed by atoms with Gasteiger partial charge in [0.1, 0.15) is 0 Å². The average Bonchev–Trinajstić information content (AvgIpc) is 3.02. The number of carbonyl (C=O) groups excluding carboxylic acids is 2. The molecule has 0 aromatic heterocycles. The van der Waals surface area contributed by atoms with Gasteiger partial charge in [-0.25, -0.2) is 0 Å². The molecule has 0 aromatic rings. The summed E-state index contributed by atoms with van der Waals surface area (Å²) in [5.74, 6) is -0.493. The number of imide groups is 1. The molecule has 2 amide bonds. The van der Waals surface area contributed by atoms with E-state index >= 15 is 0 Å². The van der Waals surface area contributed by atoms with E-state index in [-0.39, 0.29) is 30.3 Å². The van der Waals surface area contributed by atoms with Crippen LogP contribution in [0, 0.1) is 5.92 Å². The normalized spacial score (nSPS) is 31.3. The highest BCUT2D eigenvalue weighted by Gasteiger charge is 2.48. The number of carbonyl (C=O) groups is 3. The van der Waals surface area contributed by atoms with Gasteiger partial charge < -0.3 is 5.11 Å². The van der Waals surface area contributed by atoms with E-state index in [9.17, 15) is 14.4 Å². The Bertz CT molecular complexity index is 446. The summed E-state index contributed by atoms with van der Waals surface area (Å²) < 4.78 is 0. The first-order chi connectivity index (χ1) is 9.56. The van der Waals surface area contributed by atoms with Crippen molar-refractivity contribution in [1.82, 2.24) is 9.80 Å². The van der Waals surface area contributed by atoms with Gasteiger partial charge in [-0.2, -0.15) is 0 Å². The molecule has 6 nitrogen and oxygen atoms in total. The van der Waals surface area contributed by atoms with Crippen LogP contribution in [0.15, 0.2) is 0 Å². The number of hydrogen-bond acceptors (Lipinski definition) is 4. The predicted molar refractivity (Wildman–Crippen MR) is 69.8 cm³/mol. The molecule has 1 saturated carbocycles. The van der Waals surface area contributed by atoms with Crippen molar-refractivity contribution >= 4 is 17.8 Å². The van der Waals surface area contributed by atoms with Gasteiger partial charge in [0.05, 0.1) is 12.5 Å². The van der Waals surface area contributed by atoms with Crippen LogP contribution in [0.2, 0.25) is 0 Å². The summed E-state index contributed by atoms with van der Waals surface area (Å²) in [6.45, 7) is 1.54. The van der Waals surface area contributed by atoms with Crippen molar-refractivity contribution in [3.8, 4) is 0 Å². The van der Waals surface area contributed by atoms with E-state index in [4.69, 9.17) is 5.11 Å². The van der Waals surface area contributed by atoms with Gasteiger partial charge in [-0.15, -0.1) is 0 Å². The number of amides is 2. The van der Waals surface area contributed by atoms with Gasteiger partial charge in [0, 0.05) is 19.0 Å². The molecule has 0 aromatic carbocycles. The van der Waals surface area contributed by atoms with Crippen LogP contribution in [0.3, 0.4) is 0 Å². The summed E-state index contributed by atoms with van der Waals surface area (Å²) in [5.41, 5.74) is 0. The Morgan fingerprint density at radius 2 is 2.00 bits per heavy atom. The van der Waals surface area contributed by atoms with Crippen LogP contribution in [0.4, 0.5) is 0 Å². The summed E-state index contributed by atoms with van der Waals surface area (Å²) in [6.07, 6.45) is 3.98. The fraction of sp³-hybridized carbons (Fsp3) is 0.786. The van der Waals surface area contributed by atoms with Crippen molar-refractivity contribution in [3.05, 3.63) is 0 Å². The molecule has 2 unspecified atom stereocenters. The lowest BCUT2D eigenvalue weighted by Gasteiger charge is -2.22. The smallest absolute Gasteiger partial charge is 0.303 e. The van der Waals surface area contributed by atoms with Crippen LogP contribution >= 0.6 is 0 Å². The van der Waals surface area contributed by atoms with Crippen molar-refractivity contribution in [2.24, 2.45) is 5.92 Å². The number of carboxylic acid groups (broad SMARTS) is 1. The summed E-state index contributed by atoms with van der Waals surface area (Å²) in [5, 5.41) is 8.71. The first-order valence-electron chi connectivity index (χ1n) is 7.38. The second-order valence-electron chi connectivity index (χ2n) is 6.14. The molecule has 2 atom stereocenters. The monoisotopic (exact) mass is 280 g/mol. The highest BCUT2D eigenvalue weighted by atomic mass is 16.4. The van der Waals surface area contributed by atoms with Crippen LogP contribution in [-0.4, -0.2) is 57.9 Å². The summed E-state index contributed by atoms with van der Waals surface area (Å²) in [7, 11) is 0. The van der Waals surface area contributed by atoms with Crippen LogP contribution < -0.4 is 0 Å². The lowest BCUT2D eigenvalue weighted by atomic mass is 10.0. The van der Waals surface area contributed by atoms with E-state index in [1.165, 1.54) is 4.90 Å². The molecule has 110 valence electrons. The summed E-state index contributed by atoms with van der Waals surface area (Å²) >= 11 is 0. The molecule has 1 aliphatic carbocycles. The Morgan fingerprint density at radius 1 is 1.25 bits per heavy atom. The van der Waals surface area contributed by atoms with Crippen molar-refractivity contribution in [2.75, 3.05) is 13.1 Å². The number of carboxylic acids is 1. The largest absolute Gasteiger partial charge is 0.481 e. The second-order valence-corrected chi connectivity index (χ2v) is 6.14. The van der Waals surface area contributed by atoms with Gasteiger partial charge in [0.25, 0.3) is 0 Å². The molecule has 6 heteroatoms. The first kappa shape index (κ1) is 13.5. The molecular weight excluding hydrogens is 260 g/mol. The lowest BCUT2D eigenvalue weighted by molar-refractivity contribution is -0.140. The Balaban J connectivity index is 1.56. The lowest BCUT2D eigenvalue weighted by Crippen LogP contribution is -2.41. The molecule has 2 heterocycles. The second kappa shape index (κ2) is 5.16. The minimum atomic E-state index is -0.768. The number of aliphatic carboxylic acids is 1. The van der Waals surface area contributed by atoms with Gasteiger partial charge in [-0.05, 0) is 38.1 Å². The maximum atomic E-state index is 12.3. The Hall–Kier alpha value is -1.43. The van der Waals surface area contributed by atoms with E-state index in [1.54, 1.807) is 0 Å². The molecule has 3 fully saturated rings. The number of rotatable bonds is 5. The molecule has 0 bridgehead atoms. The Morgan fingerprint density at radius 3 is 2.65 bits per heavy atom. The van der Waals surface area contributed by atoms with Gasteiger partial charge in [-0.3, -0.25) is 24.2 Å². The van der Waals surface area contributed by atoms with E-state index in [0.717, 1.165) is 32.4 Å². The van der Waals surface area contributed by atoms with Gasteiger partial charge >= 0.3 is 5.97 Å². The maximum Gasteiger partial charge on any atom is 0.303 e. The number of hydrogen-bond donors (Lipinski definition) is 1. The van der Waals surface area contributed by atoms with Gasteiger partial charge in [-0.1, -0.05) is 0 Å². The summed E-state index contributed by atoms with van der Waals surface area (Å²) in [4.78, 5) is 38.4. The summed E-state index contributed by atoms with van der Waals surface area (Å²) in [6, 6.07) is -0.136. The number of likely N-dealkylation sites (tertiary alicyclic amines) is 2. The molecule has 2 aliphatic heterocycles. The van der Waals surface area contributed by atoms with E-state index in [1.807, 2.05) is 0 Å². The topological polar surface area (TPSA) is 77.9 Å². The molecule has 20 heavy (non-hydrogen) atoms. The standard InChI is InChI=1S/C14H20N2O4/c17-12-7-11(14(20)16(12)10-2-3-10)15-6-5-9(8-15)1-4-13(18)19/h9-11H,1-8H2,(H,18,19). The molecule has 3 aliphatic rings. The third-order valence-corrected chi connectivity index (χ3v) is 4.60. The average molecular weight is 280 g/mol. The van der Waals surface area contributed by atoms with Crippen LogP contribution in [0.5, 0.6) is 0 Å². The SMILES string of the molecule is O=C(O)CCC1CCN(C2CC(=O)N(C3CC3)C2=O)C1. The van der Waals surface area contributed by atoms with Crippen molar-refractivity contribution in [1.29, 1.82) is 0 Å². The first-order valence-corrected chi connectivity index (χ1v) is 7.38. The van der Waals surface area contributed by atoms with Gasteiger partial charge in [0.15, 0.2) is 0 Å². The van der Waals surface area contributed by atoms with Crippen LogP contribution in [0.1, 0.15) is 38.5 Å². The minimum absolute atomic E-state index is 0.0310. The molecular formula is C14H20N2O4. The van der Waals surface area contributed by atoms with Crippen molar-refractivity contribution in [3.63, 3.8) is 0 Å². The third kappa shape index (κ3) is 2.57. The van der Waals surface area contributed by atoms with E-state index < -0.39 is 5.97 Å². The number of nitrogens with zero attached hydrogens (tertiary/aromatic N) is 2.